The molecule has 1 aliphatic rings. The molecule has 40 heavy (non-hydrogen) atoms. The van der Waals surface area contributed by atoms with Crippen molar-refractivity contribution >= 4 is 35.1 Å². The number of aryl methyl sites for hydroxylation is 2. The van der Waals surface area contributed by atoms with E-state index >= 15 is 0 Å². The number of pyridine rings is 1. The Kier molecular flexibility index (Phi) is 8.67. The van der Waals surface area contributed by atoms with Crippen LogP contribution < -0.4 is 10.6 Å². The molecule has 0 aromatic carbocycles. The number of aromatic amines is 2. The van der Waals surface area contributed by atoms with Crippen LogP contribution in [-0.2, 0) is 6.42 Å². The van der Waals surface area contributed by atoms with E-state index in [1.165, 1.54) is 37.6 Å². The monoisotopic (exact) mass is 554 g/mol. The predicted molar refractivity (Wildman–Crippen MR) is 164 cm³/mol. The molecule has 0 spiro atoms. The number of H-pyrrole nitrogens is 2. The summed E-state index contributed by atoms with van der Waals surface area (Å²) in [5, 5.41) is 8.87. The van der Waals surface area contributed by atoms with E-state index in [0.29, 0.717) is 16.9 Å². The van der Waals surface area contributed by atoms with Crippen LogP contribution in [0, 0.1) is 12.1 Å². The number of thiophene rings is 1. The van der Waals surface area contributed by atoms with Crippen LogP contribution in [0.2, 0.25) is 0 Å². The number of nitrogens with one attached hydrogen (secondary N) is 2. The smallest absolute Gasteiger partial charge is 0.176 e. The highest BCUT2D eigenvalue weighted by Crippen LogP contribution is 2.31. The number of aromatic nitrogens is 5. The molecule has 1 aliphatic heterocycles. The third-order valence-electron chi connectivity index (χ3n) is 7.25. The van der Waals surface area contributed by atoms with Crippen LogP contribution in [0.4, 0.5) is 4.39 Å². The summed E-state index contributed by atoms with van der Waals surface area (Å²) >= 11 is 1.08. The fourth-order valence-electron chi connectivity index (χ4n) is 5.20. The van der Waals surface area contributed by atoms with Crippen molar-refractivity contribution < 1.29 is 4.39 Å². The van der Waals surface area contributed by atoms with Crippen molar-refractivity contribution in [2.75, 3.05) is 19.6 Å². The number of halogens is 1. The Morgan fingerprint density at radius 3 is 2.77 bits per heavy atom. The first-order chi connectivity index (χ1) is 19.5. The summed E-state index contributed by atoms with van der Waals surface area (Å²) in [5.41, 5.74) is 6.39. The Balaban J connectivity index is 1.44. The molecule has 4 aromatic rings. The lowest BCUT2D eigenvalue weighted by Crippen LogP contribution is -2.22. The van der Waals surface area contributed by atoms with Crippen LogP contribution in [0.25, 0.3) is 35.3 Å². The zero-order valence-corrected chi connectivity index (χ0v) is 24.0. The molecule has 206 valence electrons. The minimum absolute atomic E-state index is 0.242. The molecular weight excluding hydrogens is 519 g/mol. The lowest BCUT2D eigenvalue weighted by atomic mass is 10.0. The lowest BCUT2D eigenvalue weighted by Gasteiger charge is -2.14. The molecule has 6 nitrogen and oxygen atoms in total. The van der Waals surface area contributed by atoms with Gasteiger partial charge in [0.15, 0.2) is 11.0 Å². The molecule has 1 fully saturated rings. The third-order valence-corrected chi connectivity index (χ3v) is 8.15. The van der Waals surface area contributed by atoms with Gasteiger partial charge in [-0.25, -0.2) is 4.98 Å². The Bertz CT molecular complexity index is 1660. The molecule has 0 saturated carbocycles. The van der Waals surface area contributed by atoms with Gasteiger partial charge in [-0.3, -0.25) is 10.1 Å². The summed E-state index contributed by atoms with van der Waals surface area (Å²) in [6.45, 7) is 15.6. The van der Waals surface area contributed by atoms with Crippen LogP contribution >= 0.6 is 11.3 Å². The Morgan fingerprint density at radius 2 is 2.05 bits per heavy atom. The zero-order valence-electron chi connectivity index (χ0n) is 23.1. The number of likely N-dealkylation sites (tertiary alicyclic amines) is 1. The quantitative estimate of drug-likeness (QED) is 0.249. The van der Waals surface area contributed by atoms with E-state index in [1.807, 2.05) is 32.3 Å². The van der Waals surface area contributed by atoms with E-state index in [1.54, 1.807) is 12.1 Å². The molecule has 0 amide bonds. The second-order valence-electron chi connectivity index (χ2n) is 10.1. The molecule has 0 bridgehead atoms. The summed E-state index contributed by atoms with van der Waals surface area (Å²) in [6.07, 6.45) is 16.4. The van der Waals surface area contributed by atoms with Gasteiger partial charge in [-0.05, 0) is 100 Å². The van der Waals surface area contributed by atoms with Crippen LogP contribution in [0.3, 0.4) is 0 Å². The van der Waals surface area contributed by atoms with Crippen LogP contribution in [-0.4, -0.2) is 49.7 Å². The minimum Gasteiger partial charge on any atom is -0.340 e. The van der Waals surface area contributed by atoms with Crippen molar-refractivity contribution in [2.45, 2.75) is 39.5 Å². The summed E-state index contributed by atoms with van der Waals surface area (Å²) in [6, 6.07) is 5.45. The molecule has 0 unspecified atom stereocenters. The van der Waals surface area contributed by atoms with Gasteiger partial charge < -0.3 is 9.88 Å². The maximum atomic E-state index is 13.8. The Morgan fingerprint density at radius 1 is 1.23 bits per heavy atom. The van der Waals surface area contributed by atoms with Gasteiger partial charge in [0.25, 0.3) is 0 Å². The minimum atomic E-state index is -0.242. The van der Waals surface area contributed by atoms with Crippen molar-refractivity contribution in [3.05, 3.63) is 98.5 Å². The second-order valence-corrected chi connectivity index (χ2v) is 11.1. The van der Waals surface area contributed by atoms with E-state index in [-0.39, 0.29) is 5.13 Å². The van der Waals surface area contributed by atoms with Crippen molar-refractivity contribution in [2.24, 2.45) is 0 Å². The second kappa shape index (κ2) is 12.5. The molecular formula is C32H35FN6S. The topological polar surface area (TPSA) is 73.5 Å². The van der Waals surface area contributed by atoms with Crippen molar-refractivity contribution in [3.8, 4) is 11.5 Å². The summed E-state index contributed by atoms with van der Waals surface area (Å²) < 4.78 is 13.8. The number of nitrogens with zero attached hydrogens (tertiary/aromatic N) is 4. The van der Waals surface area contributed by atoms with Gasteiger partial charge in [0.2, 0.25) is 0 Å². The van der Waals surface area contributed by atoms with E-state index in [9.17, 15) is 4.39 Å². The van der Waals surface area contributed by atoms with Crippen LogP contribution in [0.15, 0.2) is 55.4 Å². The van der Waals surface area contributed by atoms with Crippen molar-refractivity contribution in [1.29, 1.82) is 0 Å². The highest BCUT2D eigenvalue weighted by Gasteiger charge is 2.18. The van der Waals surface area contributed by atoms with Gasteiger partial charge in [-0.2, -0.15) is 9.49 Å². The third kappa shape index (κ3) is 6.13. The van der Waals surface area contributed by atoms with E-state index in [2.05, 4.69) is 56.4 Å². The van der Waals surface area contributed by atoms with Crippen LogP contribution in [0.1, 0.15) is 53.6 Å². The SMILES string of the molecule is C=C/C=C(/c1ccc(F)s1)c1nc(-c2n[nH]c(=C)/c2=C\C(=C/C)c2cncc(CCCN3CCCC3)c2)[nH]c1C. The maximum absolute atomic E-state index is 13.8. The molecule has 0 radical (unpaired) electrons. The molecule has 0 atom stereocenters. The highest BCUT2D eigenvalue weighted by molar-refractivity contribution is 7.11. The number of allylic oxidation sites excluding steroid dienone is 4. The van der Waals surface area contributed by atoms with Gasteiger partial charge in [0.05, 0.1) is 11.0 Å². The first kappa shape index (κ1) is 27.7. The van der Waals surface area contributed by atoms with E-state index in [0.717, 1.165) is 68.9 Å². The summed E-state index contributed by atoms with van der Waals surface area (Å²) in [7, 11) is 0. The molecule has 2 N–H and O–H groups in total. The fraction of sp³-hybridized carbons (Fsp3) is 0.281. The molecule has 5 rings (SSSR count). The summed E-state index contributed by atoms with van der Waals surface area (Å²) in [4.78, 5) is 16.2. The summed E-state index contributed by atoms with van der Waals surface area (Å²) in [5.74, 6) is 0.612. The Hall–Kier alpha value is -3.88. The Labute approximate surface area is 238 Å². The molecule has 8 heteroatoms. The van der Waals surface area contributed by atoms with Gasteiger partial charge in [0.1, 0.15) is 5.69 Å². The van der Waals surface area contributed by atoms with Gasteiger partial charge >= 0.3 is 0 Å². The molecule has 4 aromatic heterocycles. The first-order valence-electron chi connectivity index (χ1n) is 13.7. The van der Waals surface area contributed by atoms with Crippen molar-refractivity contribution in [3.63, 3.8) is 0 Å². The lowest BCUT2D eigenvalue weighted by molar-refractivity contribution is 0.334. The highest BCUT2D eigenvalue weighted by atomic mass is 32.1. The normalized spacial score (nSPS) is 15.3. The largest absolute Gasteiger partial charge is 0.340 e. The van der Waals surface area contributed by atoms with Crippen molar-refractivity contribution in [1.82, 2.24) is 30.0 Å². The zero-order chi connectivity index (χ0) is 28.1. The van der Waals surface area contributed by atoms with E-state index in [4.69, 9.17) is 4.98 Å². The molecule has 5 heterocycles. The number of hydrogen-bond acceptors (Lipinski definition) is 5. The molecule has 1 saturated heterocycles. The average molecular weight is 555 g/mol. The first-order valence-corrected chi connectivity index (χ1v) is 14.5. The fourth-order valence-corrected chi connectivity index (χ4v) is 5.95. The number of hydrogen-bond donors (Lipinski definition) is 2. The number of rotatable bonds is 10. The molecule has 0 aliphatic carbocycles. The van der Waals surface area contributed by atoms with Gasteiger partial charge in [-0.15, -0.1) is 11.3 Å². The standard InChI is InChI=1S/C32H35FN6S/c1-5-10-26(28-12-13-29(33)40-28)30-22(4)35-32(36-30)31-27(21(3)37-38-31)18-24(6-2)25-17-23(19-34-20-25)11-9-16-39-14-7-8-15-39/h5-6,10,12-13,17-20,37H,1,3,7-9,11,14-16H2,2,4H3,(H,35,36)/b24-6+,26-10-,27-18+. The maximum Gasteiger partial charge on any atom is 0.176 e. The number of imidazole rings is 1. The van der Waals surface area contributed by atoms with Gasteiger partial charge in [-0.1, -0.05) is 31.4 Å². The average Bonchev–Trinajstić information content (AvgIpc) is 3.75. The predicted octanol–water partition coefficient (Wildman–Crippen LogP) is 5.64. The van der Waals surface area contributed by atoms with Crippen LogP contribution in [0.5, 0.6) is 0 Å². The van der Waals surface area contributed by atoms with Gasteiger partial charge in [0, 0.05) is 33.8 Å². The van der Waals surface area contributed by atoms with E-state index < -0.39 is 0 Å².